The minimum atomic E-state index is -0.0899. The molecule has 1 fully saturated rings. The molecular weight excluding hydrogens is 402 g/mol. The number of benzene rings is 2. The second kappa shape index (κ2) is 10.9. The monoisotopic (exact) mass is 439 g/mol. The Morgan fingerprint density at radius 1 is 1.12 bits per heavy atom. The molecule has 2 atom stereocenters. The Morgan fingerprint density at radius 3 is 2.47 bits per heavy atom. The van der Waals surface area contributed by atoms with E-state index in [-0.39, 0.29) is 17.4 Å². The van der Waals surface area contributed by atoms with Crippen LogP contribution in [0.15, 0.2) is 48.5 Å². The fourth-order valence-electron chi connectivity index (χ4n) is 4.72. The minimum Gasteiger partial charge on any atom is -0.497 e. The van der Waals surface area contributed by atoms with Crippen molar-refractivity contribution >= 4 is 5.91 Å². The van der Waals surface area contributed by atoms with Crippen LogP contribution in [0.5, 0.6) is 11.5 Å². The Hall–Kier alpha value is -2.53. The topological polar surface area (TPSA) is 48.0 Å². The number of carbonyl (C=O) groups excluding carboxylic acids is 1. The summed E-state index contributed by atoms with van der Waals surface area (Å²) in [6, 6.07) is 16.2. The summed E-state index contributed by atoms with van der Waals surface area (Å²) >= 11 is 0. The summed E-state index contributed by atoms with van der Waals surface area (Å²) in [6.07, 6.45) is 2.92. The number of carbonyl (C=O) groups is 1. The molecule has 0 unspecified atom stereocenters. The summed E-state index contributed by atoms with van der Waals surface area (Å²) in [6.45, 7) is 8.08. The molecule has 3 rings (SSSR count). The predicted octanol–water partition coefficient (Wildman–Crippen LogP) is 5.22. The Kier molecular flexibility index (Phi) is 8.19. The van der Waals surface area contributed by atoms with Gasteiger partial charge in [0.1, 0.15) is 11.5 Å². The zero-order valence-electron chi connectivity index (χ0n) is 20.1. The molecule has 0 spiro atoms. The maximum Gasteiger partial charge on any atom is 0.219 e. The van der Waals surface area contributed by atoms with Crippen molar-refractivity contribution in [2.24, 2.45) is 5.92 Å². The van der Waals surface area contributed by atoms with Gasteiger partial charge < -0.3 is 19.1 Å². The first kappa shape index (κ1) is 24.1. The van der Waals surface area contributed by atoms with Crippen LogP contribution in [0.25, 0.3) is 0 Å². The molecule has 2 aromatic carbocycles. The minimum absolute atomic E-state index is 0.0865. The number of nitrogens with zero attached hydrogens (tertiary/aromatic N) is 1. The van der Waals surface area contributed by atoms with E-state index >= 15 is 0 Å². The van der Waals surface area contributed by atoms with Gasteiger partial charge in [-0.1, -0.05) is 44.2 Å². The third-order valence-electron chi connectivity index (χ3n) is 6.76. The Labute approximate surface area is 192 Å². The van der Waals surface area contributed by atoms with Gasteiger partial charge in [0.2, 0.25) is 5.91 Å². The van der Waals surface area contributed by atoms with Gasteiger partial charge in [0.15, 0.2) is 0 Å². The van der Waals surface area contributed by atoms with Gasteiger partial charge in [-0.25, -0.2) is 0 Å². The fraction of sp³-hybridized carbons (Fsp3) is 0.519. The van der Waals surface area contributed by atoms with Crippen LogP contribution in [-0.2, 0) is 21.5 Å². The third-order valence-corrected chi connectivity index (χ3v) is 6.76. The molecule has 0 bridgehead atoms. The van der Waals surface area contributed by atoms with E-state index in [9.17, 15) is 4.79 Å². The molecule has 1 aliphatic heterocycles. The van der Waals surface area contributed by atoms with Crippen molar-refractivity contribution in [3.05, 3.63) is 59.7 Å². The molecule has 1 aliphatic rings. The summed E-state index contributed by atoms with van der Waals surface area (Å²) < 4.78 is 17.1. The Bertz CT molecular complexity index is 879. The van der Waals surface area contributed by atoms with E-state index in [2.05, 4.69) is 26.0 Å². The van der Waals surface area contributed by atoms with Crippen molar-refractivity contribution in [1.29, 1.82) is 0 Å². The van der Waals surface area contributed by atoms with Crippen molar-refractivity contribution in [1.82, 2.24) is 4.90 Å². The van der Waals surface area contributed by atoms with Crippen LogP contribution < -0.4 is 9.47 Å². The van der Waals surface area contributed by atoms with E-state index in [0.717, 1.165) is 42.9 Å². The fourth-order valence-corrected chi connectivity index (χ4v) is 4.72. The number of para-hydroxylation sites is 1. The van der Waals surface area contributed by atoms with Gasteiger partial charge in [-0.3, -0.25) is 4.79 Å². The molecule has 174 valence electrons. The average molecular weight is 440 g/mol. The van der Waals surface area contributed by atoms with E-state index in [4.69, 9.17) is 14.2 Å². The van der Waals surface area contributed by atoms with Crippen molar-refractivity contribution < 1.29 is 19.0 Å². The molecule has 5 nitrogen and oxygen atoms in total. The molecule has 1 amide bonds. The second-order valence-electron chi connectivity index (χ2n) is 9.13. The highest BCUT2D eigenvalue weighted by Crippen LogP contribution is 2.45. The number of amides is 1. The molecule has 1 saturated heterocycles. The Balaban J connectivity index is 1.85. The maximum atomic E-state index is 12.5. The molecule has 0 N–H and O–H groups in total. The summed E-state index contributed by atoms with van der Waals surface area (Å²) in [5.74, 6) is 2.26. The second-order valence-corrected chi connectivity index (χ2v) is 9.13. The first-order valence-electron chi connectivity index (χ1n) is 11.5. The number of ether oxygens (including phenoxy) is 3. The van der Waals surface area contributed by atoms with Crippen molar-refractivity contribution in [3.8, 4) is 11.5 Å². The van der Waals surface area contributed by atoms with E-state index < -0.39 is 0 Å². The van der Waals surface area contributed by atoms with Crippen LogP contribution >= 0.6 is 0 Å². The molecular formula is C27H37NO4. The first-order chi connectivity index (χ1) is 15.4. The van der Waals surface area contributed by atoms with Gasteiger partial charge >= 0.3 is 0 Å². The SMILES string of the molecule is COc1ccc(CN(CC[C@@]2(c3ccccc3OC)CCO[C@@H](C(C)C)C2)C(C)=O)cc1. The molecule has 0 aliphatic carbocycles. The van der Waals surface area contributed by atoms with Crippen LogP contribution in [0.4, 0.5) is 0 Å². The average Bonchev–Trinajstić information content (AvgIpc) is 2.82. The van der Waals surface area contributed by atoms with Crippen molar-refractivity contribution in [2.75, 3.05) is 27.4 Å². The molecule has 0 aromatic heterocycles. The van der Waals surface area contributed by atoms with Crippen LogP contribution in [0.1, 0.15) is 51.2 Å². The predicted molar refractivity (Wildman–Crippen MR) is 127 cm³/mol. The third kappa shape index (κ3) is 5.63. The highest BCUT2D eigenvalue weighted by Gasteiger charge is 2.41. The van der Waals surface area contributed by atoms with Crippen LogP contribution in [-0.4, -0.2) is 44.3 Å². The summed E-state index contributed by atoms with van der Waals surface area (Å²) in [7, 11) is 3.39. The number of rotatable bonds is 9. The first-order valence-corrected chi connectivity index (χ1v) is 11.5. The van der Waals surface area contributed by atoms with Gasteiger partial charge in [-0.15, -0.1) is 0 Å². The maximum absolute atomic E-state index is 12.5. The van der Waals surface area contributed by atoms with E-state index in [1.165, 1.54) is 5.56 Å². The normalized spacial score (nSPS) is 20.8. The number of hydrogen-bond acceptors (Lipinski definition) is 4. The van der Waals surface area contributed by atoms with E-state index in [1.54, 1.807) is 21.1 Å². The number of methoxy groups -OCH3 is 2. The lowest BCUT2D eigenvalue weighted by molar-refractivity contribution is -0.130. The lowest BCUT2D eigenvalue weighted by atomic mass is 9.68. The molecule has 0 saturated carbocycles. The summed E-state index contributed by atoms with van der Waals surface area (Å²) in [5, 5.41) is 0. The zero-order chi connectivity index (χ0) is 23.1. The van der Waals surface area contributed by atoms with E-state index in [1.807, 2.05) is 41.3 Å². The highest BCUT2D eigenvalue weighted by molar-refractivity contribution is 5.73. The lowest BCUT2D eigenvalue weighted by Crippen LogP contribution is -2.43. The zero-order valence-corrected chi connectivity index (χ0v) is 20.1. The van der Waals surface area contributed by atoms with Crippen molar-refractivity contribution in [2.45, 2.75) is 58.1 Å². The van der Waals surface area contributed by atoms with Crippen LogP contribution in [0.3, 0.4) is 0 Å². The summed E-state index contributed by atoms with van der Waals surface area (Å²) in [4.78, 5) is 14.5. The molecule has 5 heteroatoms. The van der Waals surface area contributed by atoms with Gasteiger partial charge in [-0.05, 0) is 48.9 Å². The largest absolute Gasteiger partial charge is 0.497 e. The van der Waals surface area contributed by atoms with Crippen LogP contribution in [0.2, 0.25) is 0 Å². The summed E-state index contributed by atoms with van der Waals surface area (Å²) in [5.41, 5.74) is 2.23. The van der Waals surface area contributed by atoms with Crippen LogP contribution in [0, 0.1) is 5.92 Å². The standard InChI is InChI=1S/C27H37NO4/c1-20(2)26-18-27(15-17-32-26,24-8-6-7-9-25(24)31-5)14-16-28(21(3)29)19-22-10-12-23(30-4)13-11-22/h6-13,20,26H,14-19H2,1-5H3/t26-,27-/m1/s1. The molecule has 1 heterocycles. The van der Waals surface area contributed by atoms with Gasteiger partial charge in [0.25, 0.3) is 0 Å². The molecule has 32 heavy (non-hydrogen) atoms. The lowest BCUT2D eigenvalue weighted by Gasteiger charge is -2.44. The van der Waals surface area contributed by atoms with Crippen molar-refractivity contribution in [3.63, 3.8) is 0 Å². The van der Waals surface area contributed by atoms with Gasteiger partial charge in [-0.2, -0.15) is 0 Å². The molecule has 2 aromatic rings. The van der Waals surface area contributed by atoms with Gasteiger partial charge in [0.05, 0.1) is 20.3 Å². The Morgan fingerprint density at radius 2 is 1.84 bits per heavy atom. The van der Waals surface area contributed by atoms with E-state index in [0.29, 0.717) is 19.0 Å². The van der Waals surface area contributed by atoms with Gasteiger partial charge in [0, 0.05) is 37.6 Å². The smallest absolute Gasteiger partial charge is 0.219 e. The highest BCUT2D eigenvalue weighted by atomic mass is 16.5. The number of hydrogen-bond donors (Lipinski definition) is 0. The molecule has 0 radical (unpaired) electrons. The quantitative estimate of drug-likeness (QED) is 0.538.